The van der Waals surface area contributed by atoms with Gasteiger partial charge in [-0.3, -0.25) is 9.59 Å². The summed E-state index contributed by atoms with van der Waals surface area (Å²) in [5, 5.41) is 0. The van der Waals surface area contributed by atoms with E-state index >= 15 is 0 Å². The van der Waals surface area contributed by atoms with Crippen molar-refractivity contribution in [3.05, 3.63) is 35.9 Å². The van der Waals surface area contributed by atoms with Gasteiger partial charge in [0.05, 0.1) is 19.1 Å². The summed E-state index contributed by atoms with van der Waals surface area (Å²) in [6, 6.07) is 9.31. The predicted octanol–water partition coefficient (Wildman–Crippen LogP) is 2.07. The van der Waals surface area contributed by atoms with Gasteiger partial charge in [-0.05, 0) is 25.8 Å². The van der Waals surface area contributed by atoms with E-state index in [1.165, 1.54) is 0 Å². The lowest BCUT2D eigenvalue weighted by atomic mass is 9.93. The molecule has 102 valence electrons. The van der Waals surface area contributed by atoms with Crippen molar-refractivity contribution in [1.82, 2.24) is 0 Å². The SMILES string of the molecule is CCOC(=O)C1CC1(C(=O)OCC)c1ccccc1. The molecule has 1 aliphatic carbocycles. The van der Waals surface area contributed by atoms with Crippen molar-refractivity contribution < 1.29 is 19.1 Å². The summed E-state index contributed by atoms with van der Waals surface area (Å²) in [7, 11) is 0. The third-order valence-electron chi connectivity index (χ3n) is 3.46. The fraction of sp³-hybridized carbons (Fsp3) is 0.467. The maximum absolute atomic E-state index is 12.2. The molecule has 0 amide bonds. The van der Waals surface area contributed by atoms with Crippen LogP contribution in [0.3, 0.4) is 0 Å². The molecule has 1 saturated carbocycles. The Morgan fingerprint density at radius 2 is 1.79 bits per heavy atom. The zero-order valence-corrected chi connectivity index (χ0v) is 11.2. The summed E-state index contributed by atoms with van der Waals surface area (Å²) in [5.74, 6) is -1.08. The Labute approximate surface area is 112 Å². The fourth-order valence-electron chi connectivity index (χ4n) is 2.45. The average molecular weight is 262 g/mol. The van der Waals surface area contributed by atoms with Gasteiger partial charge in [-0.25, -0.2) is 0 Å². The second-order valence-corrected chi connectivity index (χ2v) is 4.57. The van der Waals surface area contributed by atoms with E-state index in [1.54, 1.807) is 13.8 Å². The van der Waals surface area contributed by atoms with E-state index in [-0.39, 0.29) is 11.9 Å². The largest absolute Gasteiger partial charge is 0.466 e. The van der Waals surface area contributed by atoms with Crippen molar-refractivity contribution in [3.8, 4) is 0 Å². The summed E-state index contributed by atoms with van der Waals surface area (Å²) in [4.78, 5) is 24.1. The van der Waals surface area contributed by atoms with Gasteiger partial charge in [0.15, 0.2) is 0 Å². The molecule has 2 rings (SSSR count). The molecule has 2 atom stereocenters. The van der Waals surface area contributed by atoms with Gasteiger partial charge in [0.2, 0.25) is 0 Å². The highest BCUT2D eigenvalue weighted by atomic mass is 16.5. The van der Waals surface area contributed by atoms with Gasteiger partial charge in [-0.1, -0.05) is 30.3 Å². The number of benzene rings is 1. The van der Waals surface area contributed by atoms with Crippen LogP contribution in [-0.4, -0.2) is 25.2 Å². The van der Waals surface area contributed by atoms with E-state index < -0.39 is 11.3 Å². The maximum atomic E-state index is 12.2. The van der Waals surface area contributed by atoms with Gasteiger partial charge in [-0.15, -0.1) is 0 Å². The molecule has 0 aromatic heterocycles. The molecule has 0 bridgehead atoms. The molecule has 1 aliphatic rings. The lowest BCUT2D eigenvalue weighted by Gasteiger charge is -2.16. The molecule has 0 heterocycles. The third-order valence-corrected chi connectivity index (χ3v) is 3.46. The lowest BCUT2D eigenvalue weighted by molar-refractivity contribution is -0.152. The summed E-state index contributed by atoms with van der Waals surface area (Å²) in [6.07, 6.45) is 0.467. The van der Waals surface area contributed by atoms with Crippen molar-refractivity contribution in [3.63, 3.8) is 0 Å². The fourth-order valence-corrected chi connectivity index (χ4v) is 2.45. The van der Waals surface area contributed by atoms with Crippen LogP contribution in [-0.2, 0) is 24.5 Å². The number of carbonyl (C=O) groups is 2. The summed E-state index contributed by atoms with van der Waals surface area (Å²) >= 11 is 0. The Balaban J connectivity index is 2.28. The Bertz CT molecular complexity index is 468. The number of esters is 2. The van der Waals surface area contributed by atoms with E-state index in [4.69, 9.17) is 9.47 Å². The van der Waals surface area contributed by atoms with Crippen LogP contribution >= 0.6 is 0 Å². The first-order valence-electron chi connectivity index (χ1n) is 6.56. The number of hydrogen-bond donors (Lipinski definition) is 0. The molecule has 1 aromatic rings. The molecule has 0 saturated heterocycles. The molecule has 4 heteroatoms. The first-order chi connectivity index (χ1) is 9.16. The molecular formula is C15H18O4. The van der Waals surface area contributed by atoms with Crippen LogP contribution in [0.4, 0.5) is 0 Å². The average Bonchev–Trinajstić information content (AvgIpc) is 3.17. The monoisotopic (exact) mass is 262 g/mol. The minimum Gasteiger partial charge on any atom is -0.466 e. The molecular weight excluding hydrogens is 244 g/mol. The van der Waals surface area contributed by atoms with Crippen molar-refractivity contribution in [2.24, 2.45) is 5.92 Å². The highest BCUT2D eigenvalue weighted by molar-refractivity contribution is 5.96. The van der Waals surface area contributed by atoms with Crippen LogP contribution in [0.25, 0.3) is 0 Å². The molecule has 0 radical (unpaired) electrons. The minimum absolute atomic E-state index is 0.308. The highest BCUT2D eigenvalue weighted by Gasteiger charge is 2.66. The molecule has 1 fully saturated rings. The molecule has 4 nitrogen and oxygen atoms in total. The standard InChI is InChI=1S/C15H18O4/c1-3-18-13(16)12-10-15(12,14(17)19-4-2)11-8-6-5-7-9-11/h5-9,12H,3-4,10H2,1-2H3. The van der Waals surface area contributed by atoms with E-state index in [0.717, 1.165) is 5.56 Å². The van der Waals surface area contributed by atoms with Crippen molar-refractivity contribution in [1.29, 1.82) is 0 Å². The van der Waals surface area contributed by atoms with Crippen molar-refractivity contribution in [2.45, 2.75) is 25.7 Å². The quantitative estimate of drug-likeness (QED) is 0.762. The summed E-state index contributed by atoms with van der Waals surface area (Å²) in [5.41, 5.74) is -0.0183. The first kappa shape index (κ1) is 13.6. The van der Waals surface area contributed by atoms with Crippen molar-refractivity contribution >= 4 is 11.9 Å². The third kappa shape index (κ3) is 2.35. The zero-order valence-electron chi connectivity index (χ0n) is 11.2. The van der Waals surface area contributed by atoms with Crippen LogP contribution in [0.1, 0.15) is 25.8 Å². The molecule has 1 aromatic carbocycles. The summed E-state index contributed by atoms with van der Waals surface area (Å²) < 4.78 is 10.2. The summed E-state index contributed by atoms with van der Waals surface area (Å²) in [6.45, 7) is 4.15. The Kier molecular flexibility index (Phi) is 3.88. The molecule has 0 spiro atoms. The second-order valence-electron chi connectivity index (χ2n) is 4.57. The van der Waals surface area contributed by atoms with Crippen molar-refractivity contribution in [2.75, 3.05) is 13.2 Å². The first-order valence-corrected chi connectivity index (χ1v) is 6.56. The van der Waals surface area contributed by atoms with Gasteiger partial charge < -0.3 is 9.47 Å². The second kappa shape index (κ2) is 5.43. The van der Waals surface area contributed by atoms with E-state index in [1.807, 2.05) is 30.3 Å². The number of ether oxygens (including phenoxy) is 2. The molecule has 0 N–H and O–H groups in total. The van der Waals surface area contributed by atoms with Crippen LogP contribution < -0.4 is 0 Å². The maximum Gasteiger partial charge on any atom is 0.317 e. The smallest absolute Gasteiger partial charge is 0.317 e. The van der Waals surface area contributed by atoms with Gasteiger partial charge in [-0.2, -0.15) is 0 Å². The highest BCUT2D eigenvalue weighted by Crippen LogP contribution is 2.55. The molecule has 2 unspecified atom stereocenters. The van der Waals surface area contributed by atoms with Crippen LogP contribution in [0.15, 0.2) is 30.3 Å². The van der Waals surface area contributed by atoms with Crippen LogP contribution in [0.2, 0.25) is 0 Å². The Morgan fingerprint density at radius 1 is 1.16 bits per heavy atom. The normalized spacial score (nSPS) is 24.6. The van der Waals surface area contributed by atoms with E-state index in [0.29, 0.717) is 19.6 Å². The lowest BCUT2D eigenvalue weighted by Crippen LogP contribution is -2.28. The number of rotatable bonds is 5. The topological polar surface area (TPSA) is 52.6 Å². The Hall–Kier alpha value is -1.84. The van der Waals surface area contributed by atoms with Gasteiger partial charge >= 0.3 is 11.9 Å². The minimum atomic E-state index is -0.844. The van der Waals surface area contributed by atoms with E-state index in [2.05, 4.69) is 0 Å². The van der Waals surface area contributed by atoms with Gasteiger partial charge in [0.25, 0.3) is 0 Å². The van der Waals surface area contributed by atoms with E-state index in [9.17, 15) is 9.59 Å². The number of hydrogen-bond acceptors (Lipinski definition) is 4. The van der Waals surface area contributed by atoms with Gasteiger partial charge in [0.1, 0.15) is 5.41 Å². The molecule has 0 aliphatic heterocycles. The van der Waals surface area contributed by atoms with Crippen LogP contribution in [0, 0.1) is 5.92 Å². The zero-order chi connectivity index (χ0) is 13.9. The van der Waals surface area contributed by atoms with Crippen LogP contribution in [0.5, 0.6) is 0 Å². The Morgan fingerprint density at radius 3 is 2.37 bits per heavy atom. The molecule has 19 heavy (non-hydrogen) atoms. The number of carbonyl (C=O) groups excluding carboxylic acids is 2. The predicted molar refractivity (Wildman–Crippen MR) is 69.5 cm³/mol. The van der Waals surface area contributed by atoms with Gasteiger partial charge in [0, 0.05) is 0 Å².